The Bertz CT molecular complexity index is 806. The van der Waals surface area contributed by atoms with Crippen molar-refractivity contribution in [2.24, 2.45) is 0 Å². The van der Waals surface area contributed by atoms with Gasteiger partial charge in [-0.1, -0.05) is 12.1 Å². The van der Waals surface area contributed by atoms with Crippen LogP contribution in [0.15, 0.2) is 48.5 Å². The van der Waals surface area contributed by atoms with Crippen molar-refractivity contribution in [1.82, 2.24) is 4.90 Å². The lowest BCUT2D eigenvalue weighted by Crippen LogP contribution is -2.43. The molecular formula is C17H17N3O4S. The van der Waals surface area contributed by atoms with E-state index in [1.807, 2.05) is 0 Å². The quantitative estimate of drug-likeness (QED) is 0.474. The first-order valence-electron chi connectivity index (χ1n) is 7.30. The summed E-state index contributed by atoms with van der Waals surface area (Å²) in [7, 11) is 4.97. The third kappa shape index (κ3) is 3.92. The van der Waals surface area contributed by atoms with E-state index in [0.717, 1.165) is 0 Å². The van der Waals surface area contributed by atoms with E-state index < -0.39 is 10.8 Å². The van der Waals surface area contributed by atoms with Gasteiger partial charge in [-0.05, 0) is 36.5 Å². The third-order valence-corrected chi connectivity index (χ3v) is 3.98. The van der Waals surface area contributed by atoms with Crippen molar-refractivity contribution >= 4 is 34.6 Å². The number of methoxy groups -OCH3 is 1. The maximum Gasteiger partial charge on any atom is 0.269 e. The first-order valence-corrected chi connectivity index (χ1v) is 7.71. The number of carbonyl (C=O) groups is 1. The molecule has 0 aliphatic carbocycles. The van der Waals surface area contributed by atoms with Crippen LogP contribution < -0.4 is 9.64 Å². The first kappa shape index (κ1) is 18.3. The smallest absolute Gasteiger partial charge is 0.269 e. The maximum atomic E-state index is 13.0. The number of anilines is 1. The van der Waals surface area contributed by atoms with Gasteiger partial charge >= 0.3 is 0 Å². The topological polar surface area (TPSA) is 75.9 Å². The van der Waals surface area contributed by atoms with Crippen molar-refractivity contribution in [3.63, 3.8) is 0 Å². The summed E-state index contributed by atoms with van der Waals surface area (Å²) in [5.41, 5.74) is 0.684. The number of hydrogen-bond donors (Lipinski definition) is 0. The molecule has 0 saturated heterocycles. The van der Waals surface area contributed by atoms with Crippen molar-refractivity contribution in [2.75, 3.05) is 26.1 Å². The molecule has 0 aromatic heterocycles. The van der Waals surface area contributed by atoms with Gasteiger partial charge in [-0.3, -0.25) is 14.9 Å². The van der Waals surface area contributed by atoms with Gasteiger partial charge in [0.25, 0.3) is 11.6 Å². The number of amides is 1. The zero-order chi connectivity index (χ0) is 18.6. The van der Waals surface area contributed by atoms with Crippen LogP contribution in [0.5, 0.6) is 5.75 Å². The monoisotopic (exact) mass is 359 g/mol. The summed E-state index contributed by atoms with van der Waals surface area (Å²) in [6.07, 6.45) is 0. The van der Waals surface area contributed by atoms with Gasteiger partial charge < -0.3 is 9.64 Å². The molecule has 25 heavy (non-hydrogen) atoms. The van der Waals surface area contributed by atoms with E-state index in [9.17, 15) is 14.9 Å². The Morgan fingerprint density at radius 3 is 2.24 bits per heavy atom. The number of para-hydroxylation sites is 2. The number of non-ortho nitro benzene ring substituents is 1. The van der Waals surface area contributed by atoms with Crippen LogP contribution in [0.25, 0.3) is 0 Å². The number of carbonyl (C=O) groups excluding carboxylic acids is 1. The Balaban J connectivity index is 2.50. The summed E-state index contributed by atoms with van der Waals surface area (Å²) in [6, 6.07) is 12.4. The van der Waals surface area contributed by atoms with E-state index in [0.29, 0.717) is 11.4 Å². The van der Waals surface area contributed by atoms with Crippen LogP contribution >= 0.6 is 12.2 Å². The summed E-state index contributed by atoms with van der Waals surface area (Å²) < 4.78 is 5.33. The van der Waals surface area contributed by atoms with E-state index in [2.05, 4.69) is 0 Å². The van der Waals surface area contributed by atoms with Crippen molar-refractivity contribution in [2.45, 2.75) is 0 Å². The number of nitro groups is 1. The summed E-state index contributed by atoms with van der Waals surface area (Å²) in [5, 5.41) is 11.1. The second-order valence-electron chi connectivity index (χ2n) is 5.29. The average Bonchev–Trinajstić information content (AvgIpc) is 2.62. The number of ether oxygens (including phenoxy) is 1. The lowest BCUT2D eigenvalue weighted by atomic mass is 10.1. The predicted molar refractivity (Wildman–Crippen MR) is 99.2 cm³/mol. The van der Waals surface area contributed by atoms with Gasteiger partial charge in [0.05, 0.1) is 17.7 Å². The molecule has 2 aromatic carbocycles. The SMILES string of the molecule is COc1ccccc1N(C(=O)c1ccc([N+](=O)[O-])cc1)C(=S)N(C)C. The minimum Gasteiger partial charge on any atom is -0.495 e. The predicted octanol–water partition coefficient (Wildman–Crippen LogP) is 3.10. The van der Waals surface area contributed by atoms with Gasteiger partial charge in [-0.2, -0.15) is 0 Å². The average molecular weight is 359 g/mol. The molecule has 0 atom stereocenters. The van der Waals surface area contributed by atoms with Crippen LogP contribution in [0, 0.1) is 10.1 Å². The van der Waals surface area contributed by atoms with E-state index >= 15 is 0 Å². The second kappa shape index (κ2) is 7.71. The van der Waals surface area contributed by atoms with Gasteiger partial charge in [0.1, 0.15) is 5.75 Å². The molecule has 0 N–H and O–H groups in total. The Kier molecular flexibility index (Phi) is 5.66. The molecule has 1 amide bonds. The summed E-state index contributed by atoms with van der Waals surface area (Å²) in [4.78, 5) is 26.3. The normalized spacial score (nSPS) is 10.0. The van der Waals surface area contributed by atoms with Gasteiger partial charge in [0.15, 0.2) is 5.11 Å². The molecule has 0 radical (unpaired) electrons. The Morgan fingerprint density at radius 2 is 1.72 bits per heavy atom. The third-order valence-electron chi connectivity index (χ3n) is 3.43. The number of hydrogen-bond acceptors (Lipinski definition) is 5. The summed E-state index contributed by atoms with van der Waals surface area (Å²) in [5.74, 6) is 0.0834. The van der Waals surface area contributed by atoms with Crippen LogP contribution in [0.2, 0.25) is 0 Å². The number of thiocarbonyl (C=S) groups is 1. The molecule has 0 spiro atoms. The largest absolute Gasteiger partial charge is 0.495 e. The van der Waals surface area contributed by atoms with Crippen LogP contribution in [0.1, 0.15) is 10.4 Å². The molecule has 0 unspecified atom stereocenters. The molecule has 7 nitrogen and oxygen atoms in total. The zero-order valence-corrected chi connectivity index (χ0v) is 14.8. The molecule has 8 heteroatoms. The maximum absolute atomic E-state index is 13.0. The minimum absolute atomic E-state index is 0.0874. The fourth-order valence-corrected chi connectivity index (χ4v) is 2.35. The molecule has 0 heterocycles. The second-order valence-corrected chi connectivity index (χ2v) is 5.66. The summed E-state index contributed by atoms with van der Waals surface area (Å²) >= 11 is 5.40. The van der Waals surface area contributed by atoms with Gasteiger partial charge in [0, 0.05) is 31.8 Å². The molecule has 2 rings (SSSR count). The highest BCUT2D eigenvalue weighted by molar-refractivity contribution is 7.80. The summed E-state index contributed by atoms with van der Waals surface area (Å²) in [6.45, 7) is 0. The van der Waals surface area contributed by atoms with Gasteiger partial charge in [0.2, 0.25) is 0 Å². The lowest BCUT2D eigenvalue weighted by Gasteiger charge is -2.28. The van der Waals surface area contributed by atoms with Crippen LogP contribution in [-0.4, -0.2) is 42.0 Å². The Morgan fingerprint density at radius 1 is 1.12 bits per heavy atom. The fraction of sp³-hybridized carbons (Fsp3) is 0.176. The van der Waals surface area contributed by atoms with Gasteiger partial charge in [-0.15, -0.1) is 0 Å². The minimum atomic E-state index is -0.517. The lowest BCUT2D eigenvalue weighted by molar-refractivity contribution is -0.384. The molecule has 0 saturated carbocycles. The van der Waals surface area contributed by atoms with Crippen LogP contribution in [0.3, 0.4) is 0 Å². The van der Waals surface area contributed by atoms with Crippen molar-refractivity contribution in [3.05, 3.63) is 64.2 Å². The molecule has 130 valence electrons. The van der Waals surface area contributed by atoms with Crippen molar-refractivity contribution < 1.29 is 14.5 Å². The molecule has 0 bridgehead atoms. The van der Waals surface area contributed by atoms with E-state index in [1.54, 1.807) is 43.3 Å². The zero-order valence-electron chi connectivity index (χ0n) is 14.0. The molecular weight excluding hydrogens is 342 g/mol. The number of nitro benzene ring substituents is 1. The highest BCUT2D eigenvalue weighted by Crippen LogP contribution is 2.30. The number of benzene rings is 2. The van der Waals surface area contributed by atoms with Gasteiger partial charge in [-0.25, -0.2) is 4.90 Å². The van der Waals surface area contributed by atoms with Crippen LogP contribution in [-0.2, 0) is 0 Å². The highest BCUT2D eigenvalue weighted by Gasteiger charge is 2.26. The van der Waals surface area contributed by atoms with E-state index in [1.165, 1.54) is 36.3 Å². The highest BCUT2D eigenvalue weighted by atomic mass is 32.1. The van der Waals surface area contributed by atoms with Crippen molar-refractivity contribution in [1.29, 1.82) is 0 Å². The molecule has 2 aromatic rings. The first-order chi connectivity index (χ1) is 11.9. The number of nitrogens with zero attached hydrogens (tertiary/aromatic N) is 3. The molecule has 0 fully saturated rings. The standard InChI is InChI=1S/C17H17N3O4S/c1-18(2)17(25)19(14-6-4-5-7-15(14)24-3)16(21)12-8-10-13(11-9-12)20(22)23/h4-11H,1-3H3. The fourth-order valence-electron chi connectivity index (χ4n) is 2.17. The van der Waals surface area contributed by atoms with Crippen LogP contribution in [0.4, 0.5) is 11.4 Å². The van der Waals surface area contributed by atoms with E-state index in [4.69, 9.17) is 17.0 Å². The van der Waals surface area contributed by atoms with Crippen molar-refractivity contribution in [3.8, 4) is 5.75 Å². The molecule has 0 aliphatic rings. The Hall–Kier alpha value is -3.00. The Labute approximate surface area is 150 Å². The van der Waals surface area contributed by atoms with E-state index in [-0.39, 0.29) is 16.4 Å². The molecule has 0 aliphatic heterocycles. The number of rotatable bonds is 4.